The van der Waals surface area contributed by atoms with Crippen molar-refractivity contribution >= 4 is 11.9 Å². The van der Waals surface area contributed by atoms with Crippen molar-refractivity contribution in [2.24, 2.45) is 0 Å². The lowest BCUT2D eigenvalue weighted by molar-refractivity contribution is 0.104. The summed E-state index contributed by atoms with van der Waals surface area (Å²) in [5, 5.41) is 0. The Balaban J connectivity index is 1.68. The number of hydrogen-bond donors (Lipinski definition) is 0. The lowest BCUT2D eigenvalue weighted by Gasteiger charge is -2.05. The summed E-state index contributed by atoms with van der Waals surface area (Å²) in [7, 11) is 0. The standard InChI is InChI=1S/C26H26O/c1-4-20-5-10-23(11-6-20)24-12-7-21(8-13-24)9-18-26(27)25-16-14-22(15-17-25)19(2)3/h5-19H,4H2,1-3H3/b18-9+. The summed E-state index contributed by atoms with van der Waals surface area (Å²) < 4.78 is 0. The zero-order valence-electron chi connectivity index (χ0n) is 16.3. The van der Waals surface area contributed by atoms with Crippen LogP contribution < -0.4 is 0 Å². The molecule has 0 fully saturated rings. The van der Waals surface area contributed by atoms with E-state index in [1.807, 2.05) is 30.3 Å². The van der Waals surface area contributed by atoms with Crippen molar-refractivity contribution < 1.29 is 4.79 Å². The van der Waals surface area contributed by atoms with Crippen LogP contribution in [0, 0.1) is 0 Å². The van der Waals surface area contributed by atoms with E-state index in [0.29, 0.717) is 5.92 Å². The van der Waals surface area contributed by atoms with Gasteiger partial charge in [-0.3, -0.25) is 4.79 Å². The second-order valence-corrected chi connectivity index (χ2v) is 7.15. The summed E-state index contributed by atoms with van der Waals surface area (Å²) in [5.41, 5.74) is 6.74. The number of aryl methyl sites for hydroxylation is 1. The molecule has 0 heterocycles. The van der Waals surface area contributed by atoms with Gasteiger partial charge in [0, 0.05) is 5.56 Å². The molecule has 0 spiro atoms. The van der Waals surface area contributed by atoms with Crippen LogP contribution >= 0.6 is 0 Å². The Morgan fingerprint density at radius 3 is 1.89 bits per heavy atom. The fraction of sp³-hybridized carbons (Fsp3) is 0.192. The second kappa shape index (κ2) is 8.64. The summed E-state index contributed by atoms with van der Waals surface area (Å²) in [6.45, 7) is 6.47. The van der Waals surface area contributed by atoms with E-state index in [1.54, 1.807) is 6.08 Å². The van der Waals surface area contributed by atoms with Gasteiger partial charge in [0.2, 0.25) is 0 Å². The van der Waals surface area contributed by atoms with Gasteiger partial charge in [-0.2, -0.15) is 0 Å². The molecular formula is C26H26O. The van der Waals surface area contributed by atoms with Crippen LogP contribution in [0.15, 0.2) is 78.9 Å². The van der Waals surface area contributed by atoms with Crippen LogP contribution in [0.25, 0.3) is 17.2 Å². The Morgan fingerprint density at radius 2 is 1.37 bits per heavy atom. The van der Waals surface area contributed by atoms with Crippen molar-refractivity contribution in [2.75, 3.05) is 0 Å². The Morgan fingerprint density at radius 1 is 0.815 bits per heavy atom. The summed E-state index contributed by atoms with van der Waals surface area (Å²) in [6.07, 6.45) is 4.58. The lowest BCUT2D eigenvalue weighted by Crippen LogP contribution is -1.95. The minimum atomic E-state index is 0.0320. The predicted octanol–water partition coefficient (Wildman–Crippen LogP) is 6.94. The van der Waals surface area contributed by atoms with E-state index in [0.717, 1.165) is 17.5 Å². The fourth-order valence-corrected chi connectivity index (χ4v) is 3.02. The van der Waals surface area contributed by atoms with Gasteiger partial charge in [-0.05, 0) is 46.2 Å². The third kappa shape index (κ3) is 4.83. The van der Waals surface area contributed by atoms with Crippen LogP contribution in [0.3, 0.4) is 0 Å². The molecule has 0 aliphatic heterocycles. The maximum atomic E-state index is 12.4. The zero-order valence-corrected chi connectivity index (χ0v) is 16.3. The smallest absolute Gasteiger partial charge is 0.185 e. The zero-order chi connectivity index (χ0) is 19.2. The van der Waals surface area contributed by atoms with Gasteiger partial charge in [0.15, 0.2) is 5.78 Å². The SMILES string of the molecule is CCc1ccc(-c2ccc(/C=C/C(=O)c3ccc(C(C)C)cc3)cc2)cc1. The molecule has 3 aromatic rings. The normalized spacial score (nSPS) is 11.3. The van der Waals surface area contributed by atoms with Crippen molar-refractivity contribution in [3.05, 3.63) is 101 Å². The number of benzene rings is 3. The maximum absolute atomic E-state index is 12.4. The molecule has 0 radical (unpaired) electrons. The molecule has 3 aromatic carbocycles. The van der Waals surface area contributed by atoms with Crippen LogP contribution in [-0.4, -0.2) is 5.78 Å². The van der Waals surface area contributed by atoms with E-state index < -0.39 is 0 Å². The van der Waals surface area contributed by atoms with E-state index in [1.165, 1.54) is 22.3 Å². The first-order chi connectivity index (χ1) is 13.1. The number of ketones is 1. The number of carbonyl (C=O) groups excluding carboxylic acids is 1. The Bertz CT molecular complexity index is 911. The molecular weight excluding hydrogens is 328 g/mol. The first-order valence-electron chi connectivity index (χ1n) is 9.58. The molecule has 0 unspecified atom stereocenters. The predicted molar refractivity (Wildman–Crippen MR) is 115 cm³/mol. The van der Waals surface area contributed by atoms with Gasteiger partial charge in [0.1, 0.15) is 0 Å². The van der Waals surface area contributed by atoms with Crippen molar-refractivity contribution in [3.8, 4) is 11.1 Å². The highest BCUT2D eigenvalue weighted by molar-refractivity contribution is 6.06. The number of carbonyl (C=O) groups is 1. The first-order valence-corrected chi connectivity index (χ1v) is 9.58. The summed E-state index contributed by atoms with van der Waals surface area (Å²) in [4.78, 5) is 12.4. The minimum Gasteiger partial charge on any atom is -0.289 e. The number of allylic oxidation sites excluding steroid dienone is 1. The third-order valence-electron chi connectivity index (χ3n) is 4.90. The van der Waals surface area contributed by atoms with Gasteiger partial charge >= 0.3 is 0 Å². The van der Waals surface area contributed by atoms with Gasteiger partial charge in [-0.1, -0.05) is 99.6 Å². The molecule has 1 nitrogen and oxygen atoms in total. The van der Waals surface area contributed by atoms with E-state index >= 15 is 0 Å². The number of hydrogen-bond acceptors (Lipinski definition) is 1. The molecule has 136 valence electrons. The molecule has 3 rings (SSSR count). The average molecular weight is 354 g/mol. The molecule has 0 atom stereocenters. The number of rotatable bonds is 6. The topological polar surface area (TPSA) is 17.1 Å². The maximum Gasteiger partial charge on any atom is 0.185 e. The van der Waals surface area contributed by atoms with E-state index in [9.17, 15) is 4.79 Å². The van der Waals surface area contributed by atoms with Gasteiger partial charge in [0.05, 0.1) is 0 Å². The van der Waals surface area contributed by atoms with Crippen LogP contribution in [-0.2, 0) is 6.42 Å². The second-order valence-electron chi connectivity index (χ2n) is 7.15. The van der Waals surface area contributed by atoms with E-state index in [4.69, 9.17) is 0 Å². The summed E-state index contributed by atoms with van der Waals surface area (Å²) in [5.74, 6) is 0.505. The Kier molecular flexibility index (Phi) is 6.03. The minimum absolute atomic E-state index is 0.0320. The van der Waals surface area contributed by atoms with Crippen LogP contribution in [0.2, 0.25) is 0 Å². The van der Waals surface area contributed by atoms with Crippen molar-refractivity contribution in [1.82, 2.24) is 0 Å². The quantitative estimate of drug-likeness (QED) is 0.346. The summed E-state index contributed by atoms with van der Waals surface area (Å²) in [6, 6.07) is 24.8. The fourth-order valence-electron chi connectivity index (χ4n) is 3.02. The molecule has 0 amide bonds. The van der Waals surface area contributed by atoms with Crippen LogP contribution in [0.5, 0.6) is 0 Å². The Labute approximate surface area is 162 Å². The van der Waals surface area contributed by atoms with Gasteiger partial charge in [0.25, 0.3) is 0 Å². The monoisotopic (exact) mass is 354 g/mol. The molecule has 0 aliphatic carbocycles. The van der Waals surface area contributed by atoms with Crippen LogP contribution in [0.1, 0.15) is 53.7 Å². The van der Waals surface area contributed by atoms with Crippen molar-refractivity contribution in [3.63, 3.8) is 0 Å². The highest BCUT2D eigenvalue weighted by atomic mass is 16.1. The molecule has 27 heavy (non-hydrogen) atoms. The van der Waals surface area contributed by atoms with Crippen LogP contribution in [0.4, 0.5) is 0 Å². The molecule has 1 heteroatoms. The van der Waals surface area contributed by atoms with E-state index in [-0.39, 0.29) is 5.78 Å². The highest BCUT2D eigenvalue weighted by Crippen LogP contribution is 2.21. The Hall–Kier alpha value is -2.93. The van der Waals surface area contributed by atoms with Crippen molar-refractivity contribution in [2.45, 2.75) is 33.1 Å². The van der Waals surface area contributed by atoms with Crippen molar-refractivity contribution in [1.29, 1.82) is 0 Å². The third-order valence-corrected chi connectivity index (χ3v) is 4.90. The molecule has 0 saturated heterocycles. The average Bonchev–Trinajstić information content (AvgIpc) is 2.72. The van der Waals surface area contributed by atoms with Gasteiger partial charge in [-0.25, -0.2) is 0 Å². The molecule has 0 N–H and O–H groups in total. The highest BCUT2D eigenvalue weighted by Gasteiger charge is 2.04. The molecule has 0 aliphatic rings. The first kappa shape index (κ1) is 18.8. The van der Waals surface area contributed by atoms with Gasteiger partial charge in [-0.15, -0.1) is 0 Å². The summed E-state index contributed by atoms with van der Waals surface area (Å²) >= 11 is 0. The lowest BCUT2D eigenvalue weighted by atomic mass is 10.00. The molecule has 0 saturated carbocycles. The molecule has 0 aromatic heterocycles. The largest absolute Gasteiger partial charge is 0.289 e. The molecule has 0 bridgehead atoms. The van der Waals surface area contributed by atoms with E-state index in [2.05, 4.69) is 69.3 Å². The van der Waals surface area contributed by atoms with Gasteiger partial charge < -0.3 is 0 Å².